The molecule has 0 atom stereocenters. The molecule has 0 bridgehead atoms. The maximum atomic E-state index is 6.12. The number of halogens is 1. The second-order valence-electron chi connectivity index (χ2n) is 4.17. The van der Waals surface area contributed by atoms with Crippen molar-refractivity contribution < 1.29 is 4.74 Å². The van der Waals surface area contributed by atoms with Crippen molar-refractivity contribution in [2.24, 2.45) is 0 Å². The van der Waals surface area contributed by atoms with Gasteiger partial charge in [-0.1, -0.05) is 25.1 Å². The molecule has 3 nitrogen and oxygen atoms in total. The highest BCUT2D eigenvalue weighted by Gasteiger charge is 2.07. The lowest BCUT2D eigenvalue weighted by molar-refractivity contribution is 0.319. The van der Waals surface area contributed by atoms with Crippen LogP contribution < -0.4 is 15.8 Å². The van der Waals surface area contributed by atoms with Crippen LogP contribution in [0.4, 0.5) is 17.1 Å². The van der Waals surface area contributed by atoms with Gasteiger partial charge in [0.25, 0.3) is 0 Å². The van der Waals surface area contributed by atoms with Crippen LogP contribution in [-0.2, 0) is 0 Å². The molecule has 3 N–H and O–H groups in total. The van der Waals surface area contributed by atoms with E-state index in [0.717, 1.165) is 28.0 Å². The summed E-state index contributed by atoms with van der Waals surface area (Å²) in [4.78, 5) is 0. The van der Waals surface area contributed by atoms with E-state index in [9.17, 15) is 0 Å². The molecule has 19 heavy (non-hydrogen) atoms. The summed E-state index contributed by atoms with van der Waals surface area (Å²) in [7, 11) is 0. The van der Waals surface area contributed by atoms with E-state index >= 15 is 0 Å². The Morgan fingerprint density at radius 3 is 2.58 bits per heavy atom. The van der Waals surface area contributed by atoms with E-state index in [1.54, 1.807) is 0 Å². The summed E-state index contributed by atoms with van der Waals surface area (Å²) in [6, 6.07) is 13.7. The summed E-state index contributed by atoms with van der Waals surface area (Å²) < 4.78 is 6.61. The Balaban J connectivity index is 2.23. The van der Waals surface area contributed by atoms with Gasteiger partial charge in [0.05, 0.1) is 23.7 Å². The quantitative estimate of drug-likeness (QED) is 0.794. The molecule has 0 aliphatic rings. The molecule has 0 radical (unpaired) electrons. The van der Waals surface area contributed by atoms with Gasteiger partial charge in [0.15, 0.2) is 0 Å². The number of rotatable bonds is 5. The molecule has 0 aliphatic carbocycles. The first kappa shape index (κ1) is 13.7. The van der Waals surface area contributed by atoms with Crippen molar-refractivity contribution >= 4 is 33.0 Å². The first-order chi connectivity index (χ1) is 9.22. The number of benzene rings is 2. The topological polar surface area (TPSA) is 47.3 Å². The predicted octanol–water partition coefficient (Wildman–Crippen LogP) is 4.56. The standard InChI is InChI=1S/C15H17BrN2O/c1-2-10-19-14-9-5-8-13(15(14)17)18-12-7-4-3-6-11(12)16/h3-9,18H,2,10,17H2,1H3. The van der Waals surface area contributed by atoms with E-state index in [1.807, 2.05) is 42.5 Å². The number of nitrogens with one attached hydrogen (secondary N) is 1. The highest BCUT2D eigenvalue weighted by Crippen LogP contribution is 2.33. The maximum Gasteiger partial charge on any atom is 0.144 e. The van der Waals surface area contributed by atoms with Crippen molar-refractivity contribution in [2.75, 3.05) is 17.7 Å². The second kappa shape index (κ2) is 6.48. The SMILES string of the molecule is CCCOc1cccc(Nc2ccccc2Br)c1N. The minimum Gasteiger partial charge on any atom is -0.491 e. The van der Waals surface area contributed by atoms with Gasteiger partial charge in [-0.3, -0.25) is 0 Å². The van der Waals surface area contributed by atoms with Gasteiger partial charge in [0, 0.05) is 4.47 Å². The fraction of sp³-hybridized carbons (Fsp3) is 0.200. The summed E-state index contributed by atoms with van der Waals surface area (Å²) in [5.74, 6) is 0.721. The second-order valence-corrected chi connectivity index (χ2v) is 5.03. The van der Waals surface area contributed by atoms with Crippen molar-refractivity contribution in [1.29, 1.82) is 0 Å². The van der Waals surface area contributed by atoms with Crippen LogP contribution >= 0.6 is 15.9 Å². The Labute approximate surface area is 121 Å². The van der Waals surface area contributed by atoms with E-state index in [-0.39, 0.29) is 0 Å². The van der Waals surface area contributed by atoms with Crippen LogP contribution in [0.15, 0.2) is 46.9 Å². The van der Waals surface area contributed by atoms with E-state index in [2.05, 4.69) is 28.2 Å². The van der Waals surface area contributed by atoms with Gasteiger partial charge < -0.3 is 15.8 Å². The van der Waals surface area contributed by atoms with Crippen molar-refractivity contribution in [2.45, 2.75) is 13.3 Å². The molecule has 4 heteroatoms. The van der Waals surface area contributed by atoms with E-state index in [0.29, 0.717) is 12.3 Å². The van der Waals surface area contributed by atoms with Gasteiger partial charge in [0.2, 0.25) is 0 Å². The number of nitrogen functional groups attached to an aromatic ring is 1. The minimum absolute atomic E-state index is 0.631. The molecular weight excluding hydrogens is 304 g/mol. The average Bonchev–Trinajstić information content (AvgIpc) is 2.42. The molecule has 2 aromatic carbocycles. The highest BCUT2D eigenvalue weighted by atomic mass is 79.9. The fourth-order valence-electron chi connectivity index (χ4n) is 1.70. The predicted molar refractivity (Wildman–Crippen MR) is 84.1 cm³/mol. The zero-order valence-corrected chi connectivity index (χ0v) is 12.4. The largest absolute Gasteiger partial charge is 0.491 e. The van der Waals surface area contributed by atoms with Gasteiger partial charge in [-0.05, 0) is 46.6 Å². The molecule has 0 saturated carbocycles. The Kier molecular flexibility index (Phi) is 4.68. The number of hydrogen-bond donors (Lipinski definition) is 2. The van der Waals surface area contributed by atoms with E-state index in [4.69, 9.17) is 10.5 Å². The fourth-order valence-corrected chi connectivity index (χ4v) is 2.08. The molecular formula is C15H17BrN2O. The smallest absolute Gasteiger partial charge is 0.144 e. The lowest BCUT2D eigenvalue weighted by Crippen LogP contribution is -2.02. The van der Waals surface area contributed by atoms with Gasteiger partial charge in [-0.15, -0.1) is 0 Å². The molecule has 100 valence electrons. The van der Waals surface area contributed by atoms with Gasteiger partial charge in [-0.2, -0.15) is 0 Å². The van der Waals surface area contributed by atoms with E-state index in [1.165, 1.54) is 0 Å². The molecule has 0 amide bonds. The third kappa shape index (κ3) is 3.41. The Hall–Kier alpha value is -1.68. The number of nitrogens with two attached hydrogens (primary N) is 1. The molecule has 0 aromatic heterocycles. The number of para-hydroxylation sites is 2. The van der Waals surface area contributed by atoms with Gasteiger partial charge in [0.1, 0.15) is 5.75 Å². The summed E-state index contributed by atoms with van der Waals surface area (Å²) >= 11 is 3.50. The molecule has 2 rings (SSSR count). The van der Waals surface area contributed by atoms with E-state index < -0.39 is 0 Å². The van der Waals surface area contributed by atoms with Crippen LogP contribution in [0.25, 0.3) is 0 Å². The molecule has 0 unspecified atom stereocenters. The van der Waals surface area contributed by atoms with Crippen LogP contribution in [0.1, 0.15) is 13.3 Å². The zero-order valence-electron chi connectivity index (χ0n) is 10.8. The van der Waals surface area contributed by atoms with Crippen LogP contribution in [0.5, 0.6) is 5.75 Å². The van der Waals surface area contributed by atoms with Crippen LogP contribution in [0.3, 0.4) is 0 Å². The summed E-state index contributed by atoms with van der Waals surface area (Å²) in [6.07, 6.45) is 0.960. The van der Waals surface area contributed by atoms with Crippen molar-refractivity contribution in [3.8, 4) is 5.75 Å². The average molecular weight is 321 g/mol. The van der Waals surface area contributed by atoms with Crippen molar-refractivity contribution in [3.63, 3.8) is 0 Å². The lowest BCUT2D eigenvalue weighted by Gasteiger charge is -2.14. The highest BCUT2D eigenvalue weighted by molar-refractivity contribution is 9.10. The van der Waals surface area contributed by atoms with Crippen molar-refractivity contribution in [3.05, 3.63) is 46.9 Å². The van der Waals surface area contributed by atoms with Crippen LogP contribution in [0, 0.1) is 0 Å². The normalized spacial score (nSPS) is 10.2. The van der Waals surface area contributed by atoms with Crippen LogP contribution in [0.2, 0.25) is 0 Å². The Morgan fingerprint density at radius 1 is 1.11 bits per heavy atom. The number of ether oxygens (including phenoxy) is 1. The molecule has 0 aliphatic heterocycles. The summed E-state index contributed by atoms with van der Waals surface area (Å²) in [6.45, 7) is 2.74. The maximum absolute atomic E-state index is 6.12. The molecule has 0 heterocycles. The first-order valence-corrected chi connectivity index (χ1v) is 7.04. The number of hydrogen-bond acceptors (Lipinski definition) is 3. The molecule has 0 saturated heterocycles. The molecule has 0 fully saturated rings. The zero-order chi connectivity index (χ0) is 13.7. The monoisotopic (exact) mass is 320 g/mol. The first-order valence-electron chi connectivity index (χ1n) is 6.25. The van der Waals surface area contributed by atoms with Gasteiger partial charge >= 0.3 is 0 Å². The number of anilines is 3. The third-order valence-corrected chi connectivity index (χ3v) is 3.36. The summed E-state index contributed by atoms with van der Waals surface area (Å²) in [5, 5.41) is 3.31. The third-order valence-electron chi connectivity index (χ3n) is 2.67. The Morgan fingerprint density at radius 2 is 1.84 bits per heavy atom. The van der Waals surface area contributed by atoms with Gasteiger partial charge in [-0.25, -0.2) is 0 Å². The molecule has 0 spiro atoms. The minimum atomic E-state index is 0.631. The summed E-state index contributed by atoms with van der Waals surface area (Å²) in [5.41, 5.74) is 8.57. The lowest BCUT2D eigenvalue weighted by atomic mass is 10.2. The molecule has 2 aromatic rings. The van der Waals surface area contributed by atoms with Crippen LogP contribution in [-0.4, -0.2) is 6.61 Å². The van der Waals surface area contributed by atoms with Crippen molar-refractivity contribution in [1.82, 2.24) is 0 Å². The Bertz CT molecular complexity index is 558.